The normalized spacial score (nSPS) is 10.9. The summed E-state index contributed by atoms with van der Waals surface area (Å²) in [7, 11) is 0. The van der Waals surface area contributed by atoms with Crippen molar-refractivity contribution in [2.45, 2.75) is 16.6 Å². The molecule has 4 aromatic rings. The molecule has 0 amide bonds. The number of benzene rings is 2. The molecule has 142 valence electrons. The van der Waals surface area contributed by atoms with Gasteiger partial charge < -0.3 is 9.84 Å². The number of hydrogen-bond acceptors (Lipinski definition) is 8. The topological polar surface area (TPSA) is 76.7 Å². The minimum absolute atomic E-state index is 0.251. The summed E-state index contributed by atoms with van der Waals surface area (Å²) in [4.78, 5) is 4.38. The Hall–Kier alpha value is -2.49. The molecular formula is C18H13ClFN5OS2. The molecule has 0 aliphatic heterocycles. The van der Waals surface area contributed by atoms with Crippen LogP contribution in [0.2, 0.25) is 5.02 Å². The van der Waals surface area contributed by atoms with Crippen LogP contribution in [0.3, 0.4) is 0 Å². The lowest BCUT2D eigenvalue weighted by Gasteiger charge is -2.01. The standard InChI is InChI=1S/C18H13ClFN5OS2/c19-13-5-3-12(4-6-13)16-22-15(26-25-16)10-27-18-24-23-17(28-18)21-9-11-1-7-14(20)8-2-11/h1-8H,9-10H2,(H,21,23). The lowest BCUT2D eigenvalue weighted by Crippen LogP contribution is -1.98. The lowest BCUT2D eigenvalue weighted by atomic mass is 10.2. The molecule has 2 heterocycles. The first-order chi connectivity index (χ1) is 13.7. The van der Waals surface area contributed by atoms with E-state index >= 15 is 0 Å². The zero-order valence-electron chi connectivity index (χ0n) is 14.3. The Kier molecular flexibility index (Phi) is 5.84. The van der Waals surface area contributed by atoms with E-state index in [0.717, 1.165) is 15.5 Å². The molecule has 0 spiro atoms. The molecule has 0 unspecified atom stereocenters. The van der Waals surface area contributed by atoms with Gasteiger partial charge in [0.15, 0.2) is 4.34 Å². The maximum atomic E-state index is 12.9. The molecule has 1 N–H and O–H groups in total. The summed E-state index contributed by atoms with van der Waals surface area (Å²) >= 11 is 8.79. The predicted molar refractivity (Wildman–Crippen MR) is 108 cm³/mol. The van der Waals surface area contributed by atoms with Gasteiger partial charge in [0.1, 0.15) is 5.82 Å². The molecular weight excluding hydrogens is 421 g/mol. The van der Waals surface area contributed by atoms with E-state index in [1.54, 1.807) is 24.3 Å². The van der Waals surface area contributed by atoms with Gasteiger partial charge in [-0.15, -0.1) is 10.2 Å². The number of thioether (sulfide) groups is 1. The summed E-state index contributed by atoms with van der Waals surface area (Å²) in [6.07, 6.45) is 0. The largest absolute Gasteiger partial charge is 0.356 e. The van der Waals surface area contributed by atoms with Crippen LogP contribution in [0.4, 0.5) is 9.52 Å². The van der Waals surface area contributed by atoms with Crippen molar-refractivity contribution in [2.24, 2.45) is 0 Å². The fourth-order valence-corrected chi connectivity index (χ4v) is 3.98. The Morgan fingerprint density at radius 2 is 1.86 bits per heavy atom. The van der Waals surface area contributed by atoms with Gasteiger partial charge >= 0.3 is 0 Å². The van der Waals surface area contributed by atoms with Gasteiger partial charge in [-0.1, -0.05) is 52.0 Å². The van der Waals surface area contributed by atoms with E-state index in [4.69, 9.17) is 16.1 Å². The molecule has 0 aliphatic rings. The fraction of sp³-hybridized carbons (Fsp3) is 0.111. The summed E-state index contributed by atoms with van der Waals surface area (Å²) in [6, 6.07) is 13.6. The van der Waals surface area contributed by atoms with Crippen LogP contribution in [-0.2, 0) is 12.3 Å². The summed E-state index contributed by atoms with van der Waals surface area (Å²) < 4.78 is 19.0. The number of hydrogen-bond donors (Lipinski definition) is 1. The predicted octanol–water partition coefficient (Wildman–Crippen LogP) is 5.29. The van der Waals surface area contributed by atoms with E-state index in [2.05, 4.69) is 25.7 Å². The van der Waals surface area contributed by atoms with Gasteiger partial charge in [-0.05, 0) is 42.0 Å². The highest BCUT2D eigenvalue weighted by Gasteiger charge is 2.11. The van der Waals surface area contributed by atoms with Gasteiger partial charge in [-0.3, -0.25) is 0 Å². The van der Waals surface area contributed by atoms with Crippen molar-refractivity contribution in [3.8, 4) is 11.4 Å². The lowest BCUT2D eigenvalue weighted by molar-refractivity contribution is 0.391. The minimum Gasteiger partial charge on any atom is -0.356 e. The smallest absolute Gasteiger partial charge is 0.237 e. The number of nitrogens with zero attached hydrogens (tertiary/aromatic N) is 4. The van der Waals surface area contributed by atoms with Gasteiger partial charge in [-0.25, -0.2) is 4.39 Å². The van der Waals surface area contributed by atoms with Crippen molar-refractivity contribution in [3.63, 3.8) is 0 Å². The summed E-state index contributed by atoms with van der Waals surface area (Å²) in [5, 5.41) is 16.8. The van der Waals surface area contributed by atoms with Gasteiger partial charge in [0, 0.05) is 17.1 Å². The molecule has 2 aromatic carbocycles. The van der Waals surface area contributed by atoms with Gasteiger partial charge in [-0.2, -0.15) is 4.98 Å². The van der Waals surface area contributed by atoms with E-state index < -0.39 is 0 Å². The Morgan fingerprint density at radius 3 is 2.64 bits per heavy atom. The highest BCUT2D eigenvalue weighted by molar-refractivity contribution is 8.00. The molecule has 0 saturated heterocycles. The third kappa shape index (κ3) is 4.86. The van der Waals surface area contributed by atoms with Crippen LogP contribution < -0.4 is 5.32 Å². The number of rotatable bonds is 7. The molecule has 2 aromatic heterocycles. The van der Waals surface area contributed by atoms with Crippen LogP contribution in [0.5, 0.6) is 0 Å². The molecule has 10 heteroatoms. The highest BCUT2D eigenvalue weighted by Crippen LogP contribution is 2.29. The Balaban J connectivity index is 1.31. The fourth-order valence-electron chi connectivity index (χ4n) is 2.27. The minimum atomic E-state index is -0.251. The first kappa shape index (κ1) is 18.9. The molecule has 0 fully saturated rings. The van der Waals surface area contributed by atoms with Crippen LogP contribution in [0.1, 0.15) is 11.5 Å². The van der Waals surface area contributed by atoms with E-state index in [1.807, 2.05) is 12.1 Å². The van der Waals surface area contributed by atoms with E-state index in [0.29, 0.717) is 34.2 Å². The first-order valence-electron chi connectivity index (χ1n) is 8.19. The van der Waals surface area contributed by atoms with Crippen LogP contribution in [0, 0.1) is 5.82 Å². The number of aromatic nitrogens is 4. The highest BCUT2D eigenvalue weighted by atomic mass is 35.5. The Labute approximate surface area is 173 Å². The van der Waals surface area contributed by atoms with E-state index in [9.17, 15) is 4.39 Å². The molecule has 0 atom stereocenters. The Morgan fingerprint density at radius 1 is 1.07 bits per heavy atom. The van der Waals surface area contributed by atoms with Gasteiger partial charge in [0.05, 0.1) is 5.75 Å². The second-order valence-electron chi connectivity index (χ2n) is 5.66. The van der Waals surface area contributed by atoms with Crippen molar-refractivity contribution >= 4 is 39.8 Å². The monoisotopic (exact) mass is 433 g/mol. The zero-order valence-corrected chi connectivity index (χ0v) is 16.7. The quantitative estimate of drug-likeness (QED) is 0.397. The van der Waals surface area contributed by atoms with Crippen LogP contribution in [-0.4, -0.2) is 20.3 Å². The third-order valence-electron chi connectivity index (χ3n) is 3.65. The molecule has 6 nitrogen and oxygen atoms in total. The van der Waals surface area contributed by atoms with E-state index in [-0.39, 0.29) is 5.82 Å². The van der Waals surface area contributed by atoms with Crippen molar-refractivity contribution in [1.29, 1.82) is 0 Å². The zero-order chi connectivity index (χ0) is 19.3. The van der Waals surface area contributed by atoms with Crippen molar-refractivity contribution in [1.82, 2.24) is 20.3 Å². The number of nitrogens with one attached hydrogen (secondary N) is 1. The van der Waals surface area contributed by atoms with E-state index in [1.165, 1.54) is 35.2 Å². The maximum absolute atomic E-state index is 12.9. The summed E-state index contributed by atoms with van der Waals surface area (Å²) in [5.74, 6) is 1.27. The molecule has 0 saturated carbocycles. The molecule has 0 aliphatic carbocycles. The number of halogens is 2. The number of anilines is 1. The van der Waals surface area contributed by atoms with Crippen LogP contribution in [0.25, 0.3) is 11.4 Å². The second kappa shape index (κ2) is 8.68. The van der Waals surface area contributed by atoms with Crippen LogP contribution >= 0.6 is 34.7 Å². The molecule has 0 bridgehead atoms. The first-order valence-corrected chi connectivity index (χ1v) is 10.4. The molecule has 0 radical (unpaired) electrons. The average molecular weight is 434 g/mol. The maximum Gasteiger partial charge on any atom is 0.237 e. The van der Waals surface area contributed by atoms with Crippen molar-refractivity contribution < 1.29 is 8.91 Å². The second-order valence-corrected chi connectivity index (χ2v) is 8.30. The van der Waals surface area contributed by atoms with Gasteiger partial charge in [0.2, 0.25) is 16.8 Å². The van der Waals surface area contributed by atoms with Crippen molar-refractivity contribution in [2.75, 3.05) is 5.32 Å². The average Bonchev–Trinajstić information content (AvgIpc) is 3.36. The third-order valence-corrected chi connectivity index (χ3v) is 5.90. The summed E-state index contributed by atoms with van der Waals surface area (Å²) in [5.41, 5.74) is 1.80. The summed E-state index contributed by atoms with van der Waals surface area (Å²) in [6.45, 7) is 0.549. The van der Waals surface area contributed by atoms with Gasteiger partial charge in [0.25, 0.3) is 0 Å². The molecule has 28 heavy (non-hydrogen) atoms. The van der Waals surface area contributed by atoms with Crippen molar-refractivity contribution in [3.05, 3.63) is 70.8 Å². The Bertz CT molecular complexity index is 1050. The van der Waals surface area contributed by atoms with Crippen LogP contribution in [0.15, 0.2) is 57.4 Å². The molecule has 4 rings (SSSR count). The SMILES string of the molecule is Fc1ccc(CNc2nnc(SCc3nc(-c4ccc(Cl)cc4)no3)s2)cc1.